The number of ether oxygens (including phenoxy) is 1. The largest absolute Gasteiger partial charge is 0.460 e. The molecule has 7 heteroatoms. The molecule has 100 valence electrons. The molecule has 0 aliphatic carbocycles. The van der Waals surface area contributed by atoms with Gasteiger partial charge in [0.2, 0.25) is 5.89 Å². The summed E-state index contributed by atoms with van der Waals surface area (Å²) in [6.07, 6.45) is -0.101. The molecule has 0 atom stereocenters. The summed E-state index contributed by atoms with van der Waals surface area (Å²) >= 11 is 0. The number of halogens is 2. The van der Waals surface area contributed by atoms with Crippen LogP contribution in [0.2, 0.25) is 0 Å². The summed E-state index contributed by atoms with van der Waals surface area (Å²) in [5.74, 6) is -2.89. The van der Waals surface area contributed by atoms with Gasteiger partial charge in [-0.2, -0.15) is 4.98 Å². The third kappa shape index (κ3) is 2.93. The van der Waals surface area contributed by atoms with E-state index in [2.05, 4.69) is 14.9 Å². The van der Waals surface area contributed by atoms with Gasteiger partial charge in [0.25, 0.3) is 5.82 Å². The molecule has 0 unspecified atom stereocenters. The van der Waals surface area contributed by atoms with Crippen LogP contribution >= 0.6 is 0 Å². The van der Waals surface area contributed by atoms with Crippen LogP contribution in [0.15, 0.2) is 22.7 Å². The lowest BCUT2D eigenvalue weighted by atomic mass is 10.1. The van der Waals surface area contributed by atoms with Crippen LogP contribution in [0, 0.1) is 11.6 Å². The molecule has 2 aromatic rings. The molecule has 0 fully saturated rings. The van der Waals surface area contributed by atoms with Crippen molar-refractivity contribution in [3.05, 3.63) is 47.1 Å². The van der Waals surface area contributed by atoms with E-state index in [1.165, 1.54) is 12.1 Å². The number of nitrogens with zero attached hydrogens (tertiary/aromatic N) is 2. The first kappa shape index (κ1) is 13.1. The standard InChI is InChI=1S/C12H10F2N2O3/c1-2-18-12(17)11-15-9(19-16-11)6-7-4-3-5-8(13)10(7)14/h3-5H,2,6H2,1H3. The number of benzene rings is 1. The Kier molecular flexibility index (Phi) is 3.84. The summed E-state index contributed by atoms with van der Waals surface area (Å²) < 4.78 is 35.9. The van der Waals surface area contributed by atoms with Gasteiger partial charge in [0.1, 0.15) is 0 Å². The van der Waals surface area contributed by atoms with E-state index in [9.17, 15) is 13.6 Å². The van der Waals surface area contributed by atoms with Gasteiger partial charge in [-0.05, 0) is 18.1 Å². The number of esters is 1. The monoisotopic (exact) mass is 268 g/mol. The van der Waals surface area contributed by atoms with Crippen molar-refractivity contribution < 1.29 is 22.8 Å². The van der Waals surface area contributed by atoms with Crippen LogP contribution in [-0.4, -0.2) is 22.7 Å². The van der Waals surface area contributed by atoms with Gasteiger partial charge >= 0.3 is 5.97 Å². The lowest BCUT2D eigenvalue weighted by Crippen LogP contribution is -2.06. The fraction of sp³-hybridized carbons (Fsp3) is 0.250. The highest BCUT2D eigenvalue weighted by atomic mass is 19.2. The highest BCUT2D eigenvalue weighted by molar-refractivity contribution is 5.84. The van der Waals surface area contributed by atoms with E-state index in [0.717, 1.165) is 6.07 Å². The van der Waals surface area contributed by atoms with E-state index < -0.39 is 17.6 Å². The number of hydrogen-bond donors (Lipinski definition) is 0. The third-order valence-corrected chi connectivity index (χ3v) is 2.30. The molecule has 0 N–H and O–H groups in total. The molecule has 0 spiro atoms. The van der Waals surface area contributed by atoms with Gasteiger partial charge in [-0.1, -0.05) is 12.1 Å². The summed E-state index contributed by atoms with van der Waals surface area (Å²) in [6, 6.07) is 3.78. The van der Waals surface area contributed by atoms with Crippen molar-refractivity contribution in [3.63, 3.8) is 0 Å². The third-order valence-electron chi connectivity index (χ3n) is 2.30. The van der Waals surface area contributed by atoms with Crippen LogP contribution in [0.25, 0.3) is 0 Å². The fourth-order valence-electron chi connectivity index (χ4n) is 1.45. The molecular weight excluding hydrogens is 258 g/mol. The van der Waals surface area contributed by atoms with Gasteiger partial charge in [0.15, 0.2) is 11.6 Å². The Balaban J connectivity index is 2.16. The average Bonchev–Trinajstić information content (AvgIpc) is 2.84. The molecule has 0 aliphatic rings. The van der Waals surface area contributed by atoms with Crippen LogP contribution in [0.1, 0.15) is 29.0 Å². The minimum absolute atomic E-state index is 0.00699. The Morgan fingerprint density at radius 2 is 2.21 bits per heavy atom. The molecule has 1 aromatic heterocycles. The van der Waals surface area contributed by atoms with E-state index in [4.69, 9.17) is 4.52 Å². The fourth-order valence-corrected chi connectivity index (χ4v) is 1.45. The smallest absolute Gasteiger partial charge is 0.379 e. The van der Waals surface area contributed by atoms with Gasteiger partial charge in [0, 0.05) is 5.56 Å². The van der Waals surface area contributed by atoms with Gasteiger partial charge in [-0.15, -0.1) is 0 Å². The van der Waals surface area contributed by atoms with Crippen molar-refractivity contribution in [1.82, 2.24) is 10.1 Å². The summed E-state index contributed by atoms with van der Waals surface area (Å²) in [6.45, 7) is 1.82. The second-order valence-electron chi connectivity index (χ2n) is 3.62. The molecule has 19 heavy (non-hydrogen) atoms. The van der Waals surface area contributed by atoms with Crippen molar-refractivity contribution in [2.45, 2.75) is 13.3 Å². The van der Waals surface area contributed by atoms with E-state index in [1.807, 2.05) is 0 Å². The maximum atomic E-state index is 13.4. The zero-order chi connectivity index (χ0) is 13.8. The van der Waals surface area contributed by atoms with Crippen LogP contribution in [0.3, 0.4) is 0 Å². The molecule has 0 amide bonds. The number of carbonyl (C=O) groups is 1. The molecule has 5 nitrogen and oxygen atoms in total. The molecule has 0 aliphatic heterocycles. The Morgan fingerprint density at radius 3 is 2.95 bits per heavy atom. The number of aromatic nitrogens is 2. The average molecular weight is 268 g/mol. The predicted octanol–water partition coefficient (Wildman–Crippen LogP) is 2.12. The first-order valence-corrected chi connectivity index (χ1v) is 5.54. The Morgan fingerprint density at radius 1 is 1.42 bits per heavy atom. The molecule has 1 heterocycles. The minimum Gasteiger partial charge on any atom is -0.460 e. The van der Waals surface area contributed by atoms with E-state index in [0.29, 0.717) is 0 Å². The summed E-state index contributed by atoms with van der Waals surface area (Å²) in [5, 5.41) is 3.41. The van der Waals surface area contributed by atoms with Crippen molar-refractivity contribution in [3.8, 4) is 0 Å². The van der Waals surface area contributed by atoms with Gasteiger partial charge < -0.3 is 9.26 Å². The number of rotatable bonds is 4. The highest BCUT2D eigenvalue weighted by Crippen LogP contribution is 2.15. The molecule has 0 radical (unpaired) electrons. The Hall–Kier alpha value is -2.31. The quantitative estimate of drug-likeness (QED) is 0.794. The Labute approximate surface area is 107 Å². The van der Waals surface area contributed by atoms with Crippen LogP contribution in [-0.2, 0) is 11.2 Å². The Bertz CT molecular complexity index is 598. The minimum atomic E-state index is -0.974. The molecule has 0 saturated heterocycles. The maximum absolute atomic E-state index is 13.4. The zero-order valence-corrected chi connectivity index (χ0v) is 10.0. The lowest BCUT2D eigenvalue weighted by molar-refractivity contribution is 0.0508. The van der Waals surface area contributed by atoms with Gasteiger partial charge in [0.05, 0.1) is 13.0 Å². The zero-order valence-electron chi connectivity index (χ0n) is 10.0. The van der Waals surface area contributed by atoms with Gasteiger partial charge in [-0.25, -0.2) is 13.6 Å². The number of hydrogen-bond acceptors (Lipinski definition) is 5. The molecule has 2 rings (SSSR count). The predicted molar refractivity (Wildman–Crippen MR) is 59.4 cm³/mol. The molecular formula is C12H10F2N2O3. The van der Waals surface area contributed by atoms with E-state index in [-0.39, 0.29) is 30.3 Å². The van der Waals surface area contributed by atoms with Crippen molar-refractivity contribution in [1.29, 1.82) is 0 Å². The topological polar surface area (TPSA) is 65.2 Å². The van der Waals surface area contributed by atoms with Crippen molar-refractivity contribution in [2.75, 3.05) is 6.61 Å². The second kappa shape index (κ2) is 5.55. The SMILES string of the molecule is CCOC(=O)c1noc(Cc2cccc(F)c2F)n1. The second-order valence-corrected chi connectivity index (χ2v) is 3.62. The molecule has 0 bridgehead atoms. The normalized spacial score (nSPS) is 10.5. The van der Waals surface area contributed by atoms with Gasteiger partial charge in [-0.3, -0.25) is 0 Å². The van der Waals surface area contributed by atoms with Crippen LogP contribution in [0.4, 0.5) is 8.78 Å². The van der Waals surface area contributed by atoms with Crippen molar-refractivity contribution >= 4 is 5.97 Å². The van der Waals surface area contributed by atoms with Crippen LogP contribution in [0.5, 0.6) is 0 Å². The summed E-state index contributed by atoms with van der Waals surface area (Å²) in [4.78, 5) is 15.0. The van der Waals surface area contributed by atoms with Crippen LogP contribution < -0.4 is 0 Å². The highest BCUT2D eigenvalue weighted by Gasteiger charge is 2.17. The number of carbonyl (C=O) groups excluding carboxylic acids is 1. The first-order chi connectivity index (χ1) is 9.11. The summed E-state index contributed by atoms with van der Waals surface area (Å²) in [5.41, 5.74) is 0.0686. The van der Waals surface area contributed by atoms with Crippen molar-refractivity contribution in [2.24, 2.45) is 0 Å². The molecule has 0 saturated carbocycles. The molecule has 1 aromatic carbocycles. The van der Waals surface area contributed by atoms with E-state index >= 15 is 0 Å². The maximum Gasteiger partial charge on any atom is 0.379 e. The van der Waals surface area contributed by atoms with E-state index in [1.54, 1.807) is 6.92 Å². The summed E-state index contributed by atoms with van der Waals surface area (Å²) in [7, 11) is 0. The first-order valence-electron chi connectivity index (χ1n) is 5.54. The lowest BCUT2D eigenvalue weighted by Gasteiger charge is -1.99.